The molecule has 0 aliphatic carbocycles. The number of carbonyl (C=O) groups excluding carboxylic acids is 1. The topological polar surface area (TPSA) is 81.4 Å². The number of amides is 1. The van der Waals surface area contributed by atoms with Gasteiger partial charge in [0.25, 0.3) is 0 Å². The molecule has 4 aromatic rings. The number of carbonyl (C=O) groups is 1. The van der Waals surface area contributed by atoms with Crippen LogP contribution < -0.4 is 4.74 Å². The molecule has 1 amide bonds. The highest BCUT2D eigenvalue weighted by Crippen LogP contribution is 2.23. The zero-order valence-corrected chi connectivity index (χ0v) is 17.8. The number of ether oxygens (including phenoxy) is 1. The third kappa shape index (κ3) is 4.71. The fraction of sp³-hybridized carbons (Fsp3) is 0.250. The van der Waals surface area contributed by atoms with Gasteiger partial charge >= 0.3 is 0 Å². The molecule has 0 atom stereocenters. The summed E-state index contributed by atoms with van der Waals surface area (Å²) >= 11 is 0. The molecule has 0 fully saturated rings. The average Bonchev–Trinajstić information content (AvgIpc) is 3.26. The Morgan fingerprint density at radius 3 is 2.65 bits per heavy atom. The minimum absolute atomic E-state index is 0.0152. The van der Waals surface area contributed by atoms with Crippen molar-refractivity contribution in [2.75, 3.05) is 14.2 Å². The lowest BCUT2D eigenvalue weighted by Gasteiger charge is -2.16. The fourth-order valence-corrected chi connectivity index (χ4v) is 3.39. The van der Waals surface area contributed by atoms with E-state index >= 15 is 0 Å². The first kappa shape index (κ1) is 20.5. The van der Waals surface area contributed by atoms with E-state index in [4.69, 9.17) is 9.15 Å². The number of benzene rings is 2. The molecule has 2 aromatic carbocycles. The van der Waals surface area contributed by atoms with E-state index in [0.717, 1.165) is 27.9 Å². The van der Waals surface area contributed by atoms with Crippen molar-refractivity contribution in [3.8, 4) is 17.1 Å². The predicted molar refractivity (Wildman–Crippen MR) is 118 cm³/mol. The summed E-state index contributed by atoms with van der Waals surface area (Å²) in [6, 6.07) is 15.4. The van der Waals surface area contributed by atoms with Gasteiger partial charge in [0.05, 0.1) is 25.4 Å². The Hall–Kier alpha value is -3.74. The smallest absolute Gasteiger partial charge is 0.223 e. The zero-order valence-electron chi connectivity index (χ0n) is 17.8. The maximum absolute atomic E-state index is 12.6. The Kier molecular flexibility index (Phi) is 5.93. The van der Waals surface area contributed by atoms with Gasteiger partial charge in [-0.05, 0) is 37.3 Å². The molecular formula is C24H24N4O3. The molecule has 158 valence electrons. The van der Waals surface area contributed by atoms with E-state index in [9.17, 15) is 4.79 Å². The van der Waals surface area contributed by atoms with Crippen molar-refractivity contribution in [2.24, 2.45) is 0 Å². The molecule has 0 aliphatic heterocycles. The van der Waals surface area contributed by atoms with Crippen LogP contribution in [0.25, 0.3) is 22.2 Å². The molecule has 31 heavy (non-hydrogen) atoms. The summed E-state index contributed by atoms with van der Waals surface area (Å²) in [4.78, 5) is 27.7. The fourth-order valence-electron chi connectivity index (χ4n) is 3.39. The Balaban J connectivity index is 1.36. The van der Waals surface area contributed by atoms with Gasteiger partial charge in [0.2, 0.25) is 5.91 Å². The maximum atomic E-state index is 12.6. The van der Waals surface area contributed by atoms with E-state index in [0.29, 0.717) is 36.9 Å². The Labute approximate surface area is 180 Å². The van der Waals surface area contributed by atoms with Crippen LogP contribution in [0.15, 0.2) is 59.1 Å². The second kappa shape index (κ2) is 8.95. The molecule has 2 heterocycles. The number of hydrogen-bond donors (Lipinski definition) is 0. The zero-order chi connectivity index (χ0) is 21.8. The molecule has 0 spiro atoms. The van der Waals surface area contributed by atoms with Crippen molar-refractivity contribution >= 4 is 16.8 Å². The minimum Gasteiger partial charge on any atom is -0.497 e. The quantitative estimate of drug-likeness (QED) is 0.449. The van der Waals surface area contributed by atoms with Gasteiger partial charge in [0, 0.05) is 36.5 Å². The summed E-state index contributed by atoms with van der Waals surface area (Å²) in [5.41, 5.74) is 2.70. The molecule has 2 aromatic heterocycles. The summed E-state index contributed by atoms with van der Waals surface area (Å²) in [7, 11) is 3.39. The maximum Gasteiger partial charge on any atom is 0.223 e. The molecule has 0 aliphatic rings. The van der Waals surface area contributed by atoms with Gasteiger partial charge in [-0.15, -0.1) is 0 Å². The lowest BCUT2D eigenvalue weighted by molar-refractivity contribution is -0.130. The molecule has 0 N–H and O–H groups in total. The van der Waals surface area contributed by atoms with Crippen molar-refractivity contribution in [1.82, 2.24) is 19.9 Å². The number of aromatic nitrogens is 3. The SMILES string of the molecule is COc1ccc(-c2cnc(CCC(=O)N(C)Cc3nc(C)c4ccccc4n3)o2)cc1. The molecule has 0 saturated heterocycles. The van der Waals surface area contributed by atoms with Gasteiger partial charge in [-0.2, -0.15) is 0 Å². The largest absolute Gasteiger partial charge is 0.497 e. The normalized spacial score (nSPS) is 10.9. The lowest BCUT2D eigenvalue weighted by atomic mass is 10.2. The molecule has 0 radical (unpaired) electrons. The van der Waals surface area contributed by atoms with Gasteiger partial charge in [-0.3, -0.25) is 4.79 Å². The Bertz CT molecular complexity index is 1200. The molecule has 7 nitrogen and oxygen atoms in total. The minimum atomic E-state index is -0.0152. The number of fused-ring (bicyclic) bond motifs is 1. The van der Waals surface area contributed by atoms with E-state index in [1.54, 1.807) is 25.3 Å². The number of methoxy groups -OCH3 is 1. The predicted octanol–water partition coefficient (Wildman–Crippen LogP) is 4.19. The van der Waals surface area contributed by atoms with Crippen molar-refractivity contribution in [3.05, 3.63) is 72.1 Å². The van der Waals surface area contributed by atoms with E-state index in [-0.39, 0.29) is 5.91 Å². The van der Waals surface area contributed by atoms with Crippen LogP contribution in [0.2, 0.25) is 0 Å². The monoisotopic (exact) mass is 416 g/mol. The summed E-state index contributed by atoms with van der Waals surface area (Å²) in [5.74, 6) is 2.59. The van der Waals surface area contributed by atoms with Gasteiger partial charge in [-0.25, -0.2) is 15.0 Å². The standard InChI is InChI=1S/C24H24N4O3/c1-16-19-6-4-5-7-20(19)27-22(26-16)15-28(2)24(29)13-12-23-25-14-21(31-23)17-8-10-18(30-3)11-9-17/h4-11,14H,12-13,15H2,1-3H3. The summed E-state index contributed by atoms with van der Waals surface area (Å²) in [6.07, 6.45) is 2.40. The van der Waals surface area contributed by atoms with E-state index in [2.05, 4.69) is 15.0 Å². The van der Waals surface area contributed by atoms with Gasteiger partial charge in [-0.1, -0.05) is 18.2 Å². The molecular weight excluding hydrogens is 392 g/mol. The van der Waals surface area contributed by atoms with Crippen molar-refractivity contribution in [2.45, 2.75) is 26.3 Å². The van der Waals surface area contributed by atoms with E-state index < -0.39 is 0 Å². The second-order valence-electron chi connectivity index (χ2n) is 7.34. The second-order valence-corrected chi connectivity index (χ2v) is 7.34. The molecule has 7 heteroatoms. The average molecular weight is 416 g/mol. The van der Waals surface area contributed by atoms with Crippen LogP contribution in [0.3, 0.4) is 0 Å². The van der Waals surface area contributed by atoms with Crippen molar-refractivity contribution in [3.63, 3.8) is 0 Å². The van der Waals surface area contributed by atoms with Crippen LogP contribution in [0.5, 0.6) is 5.75 Å². The number of oxazole rings is 1. The highest BCUT2D eigenvalue weighted by Gasteiger charge is 2.14. The number of aryl methyl sites for hydroxylation is 2. The van der Waals surface area contributed by atoms with Crippen LogP contribution in [0.4, 0.5) is 0 Å². The molecule has 4 rings (SSSR count). The first-order valence-electron chi connectivity index (χ1n) is 10.1. The van der Waals surface area contributed by atoms with Crippen LogP contribution in [-0.4, -0.2) is 39.9 Å². The molecule has 0 unspecified atom stereocenters. The van der Waals surface area contributed by atoms with Crippen molar-refractivity contribution in [1.29, 1.82) is 0 Å². The van der Waals surface area contributed by atoms with Gasteiger partial charge in [0.1, 0.15) is 11.6 Å². The van der Waals surface area contributed by atoms with Gasteiger partial charge < -0.3 is 14.1 Å². The summed E-state index contributed by atoms with van der Waals surface area (Å²) in [5, 5.41) is 1.02. The third-order valence-electron chi connectivity index (χ3n) is 5.13. The van der Waals surface area contributed by atoms with Crippen LogP contribution in [-0.2, 0) is 17.8 Å². The Morgan fingerprint density at radius 2 is 1.87 bits per heavy atom. The first-order valence-corrected chi connectivity index (χ1v) is 10.1. The lowest BCUT2D eigenvalue weighted by Crippen LogP contribution is -2.27. The van der Waals surface area contributed by atoms with Gasteiger partial charge in [0.15, 0.2) is 11.7 Å². The molecule has 0 saturated carbocycles. The highest BCUT2D eigenvalue weighted by molar-refractivity contribution is 5.80. The first-order chi connectivity index (χ1) is 15.0. The number of para-hydroxylation sites is 1. The number of nitrogens with zero attached hydrogens (tertiary/aromatic N) is 4. The summed E-state index contributed by atoms with van der Waals surface area (Å²) in [6.45, 7) is 2.31. The number of rotatable bonds is 7. The van der Waals surface area contributed by atoms with E-state index in [1.165, 1.54) is 0 Å². The number of hydrogen-bond acceptors (Lipinski definition) is 6. The molecule has 0 bridgehead atoms. The summed E-state index contributed by atoms with van der Waals surface area (Å²) < 4.78 is 11.0. The van der Waals surface area contributed by atoms with E-state index in [1.807, 2.05) is 55.5 Å². The third-order valence-corrected chi connectivity index (χ3v) is 5.13. The van der Waals surface area contributed by atoms with Crippen LogP contribution in [0.1, 0.15) is 23.8 Å². The highest BCUT2D eigenvalue weighted by atomic mass is 16.5. The van der Waals surface area contributed by atoms with Crippen molar-refractivity contribution < 1.29 is 13.9 Å². The van der Waals surface area contributed by atoms with Crippen LogP contribution in [0, 0.1) is 6.92 Å². The Morgan fingerprint density at radius 1 is 1.10 bits per heavy atom. The van der Waals surface area contributed by atoms with Crippen LogP contribution >= 0.6 is 0 Å².